The third-order valence-corrected chi connectivity index (χ3v) is 12.3. The highest BCUT2D eigenvalue weighted by molar-refractivity contribution is 7.47. The van der Waals surface area contributed by atoms with E-state index in [0.29, 0.717) is 12.8 Å². The maximum absolute atomic E-state index is 13.0. The van der Waals surface area contributed by atoms with Gasteiger partial charge in [0.1, 0.15) is 43.2 Å². The van der Waals surface area contributed by atoms with Crippen molar-refractivity contribution in [3.8, 4) is 0 Å². The Bertz CT molecular complexity index is 1560. The van der Waals surface area contributed by atoms with Gasteiger partial charge in [-0.05, 0) is 57.8 Å². The maximum Gasteiger partial charge on any atom is 0.472 e. The van der Waals surface area contributed by atoms with Gasteiger partial charge in [0.15, 0.2) is 6.10 Å². The van der Waals surface area contributed by atoms with Crippen molar-refractivity contribution in [2.75, 3.05) is 13.2 Å². The number of aliphatic hydroxyl groups excluding tert-OH is 6. The first-order chi connectivity index (χ1) is 31.9. The van der Waals surface area contributed by atoms with Gasteiger partial charge in [-0.1, -0.05) is 145 Å². The fourth-order valence-electron chi connectivity index (χ4n) is 6.99. The number of allylic oxidation sites excluding steroid dienone is 7. The van der Waals surface area contributed by atoms with E-state index in [4.69, 9.17) is 18.5 Å². The first kappa shape index (κ1) is 62.6. The van der Waals surface area contributed by atoms with Crippen molar-refractivity contribution in [3.05, 3.63) is 60.8 Å². The molecule has 1 rings (SSSR count). The number of rotatable bonds is 39. The topological polar surface area (TPSA) is 296 Å². The zero-order valence-corrected chi connectivity index (χ0v) is 41.3. The van der Waals surface area contributed by atoms with E-state index in [1.807, 2.05) is 6.08 Å². The van der Waals surface area contributed by atoms with Gasteiger partial charge in [0.2, 0.25) is 0 Å². The quantitative estimate of drug-likeness (QED) is 0.00984. The van der Waals surface area contributed by atoms with E-state index in [9.17, 15) is 64.0 Å². The van der Waals surface area contributed by atoms with E-state index in [1.165, 1.54) is 44.6 Å². The summed E-state index contributed by atoms with van der Waals surface area (Å²) in [6.07, 6.45) is 20.8. The highest BCUT2D eigenvalue weighted by Crippen LogP contribution is 2.49. The standard InChI is InChI=1S/C47H82O18P2/c1-3-5-7-9-11-12-13-14-15-16-17-18-19-21-27-33-41(51)63-39(36-62-67(59,60)65-47-44(54)42(52)43(53)46(45(47)55)64-66(56,57)58)35-61-40(50)34-28-32-38(49)31-26-23-22-25-30-37(48)29-24-20-10-8-6-4-2/h5,7,20,22-26,30-31,37-39,42-49,52-55H,3-4,6,8-19,21,27-29,32-36H2,1-2H3,(H,59,60)(H2,56,57,58)/b7-5-,23-22+,24-20-,30-25+,31-26-/t37-,38-,39-,42?,43?,44?,45?,46-,47+/m1/s1. The fraction of sp³-hybridized carbons (Fsp3) is 0.745. The van der Waals surface area contributed by atoms with Crippen LogP contribution in [-0.2, 0) is 41.8 Å². The van der Waals surface area contributed by atoms with Crippen LogP contribution < -0.4 is 0 Å². The molecule has 9 N–H and O–H groups in total. The largest absolute Gasteiger partial charge is 0.472 e. The van der Waals surface area contributed by atoms with Crippen LogP contribution in [0.4, 0.5) is 0 Å². The van der Waals surface area contributed by atoms with Crippen LogP contribution in [0.2, 0.25) is 0 Å². The van der Waals surface area contributed by atoms with Crippen molar-refractivity contribution in [2.24, 2.45) is 0 Å². The molecule has 5 unspecified atom stereocenters. The van der Waals surface area contributed by atoms with Crippen molar-refractivity contribution in [2.45, 2.75) is 210 Å². The van der Waals surface area contributed by atoms with Gasteiger partial charge >= 0.3 is 27.6 Å². The molecule has 0 aliphatic heterocycles. The third-order valence-electron chi connectivity index (χ3n) is 10.8. The van der Waals surface area contributed by atoms with Gasteiger partial charge in [-0.15, -0.1) is 0 Å². The number of esters is 2. The molecule has 0 bridgehead atoms. The second-order valence-electron chi connectivity index (χ2n) is 16.8. The molecule has 1 aliphatic rings. The molecular formula is C47H82O18P2. The third kappa shape index (κ3) is 32.2. The number of hydrogen-bond acceptors (Lipinski definition) is 15. The van der Waals surface area contributed by atoms with E-state index in [0.717, 1.165) is 64.2 Å². The van der Waals surface area contributed by atoms with Crippen molar-refractivity contribution < 1.29 is 87.1 Å². The minimum atomic E-state index is -5.39. The van der Waals surface area contributed by atoms with Crippen LogP contribution in [-0.4, -0.2) is 125 Å². The molecule has 1 fully saturated rings. The molecule has 0 aromatic heterocycles. The van der Waals surface area contributed by atoms with Gasteiger partial charge in [-0.2, -0.15) is 0 Å². The number of unbranched alkanes of at least 4 members (excludes halogenated alkanes) is 14. The van der Waals surface area contributed by atoms with Crippen LogP contribution in [0.3, 0.4) is 0 Å². The summed E-state index contributed by atoms with van der Waals surface area (Å²) in [7, 11) is -10.8. The molecule has 1 saturated carbocycles. The second kappa shape index (κ2) is 37.4. The zero-order valence-electron chi connectivity index (χ0n) is 39.5. The van der Waals surface area contributed by atoms with Gasteiger partial charge in [0, 0.05) is 12.8 Å². The number of aliphatic hydroxyl groups is 6. The summed E-state index contributed by atoms with van der Waals surface area (Å²) in [6.45, 7) is 2.75. The first-order valence-corrected chi connectivity index (χ1v) is 27.1. The number of carbonyl (C=O) groups is 2. The minimum absolute atomic E-state index is 0.0114. The highest BCUT2D eigenvalue weighted by Gasteiger charge is 2.54. The van der Waals surface area contributed by atoms with Gasteiger partial charge < -0.3 is 54.8 Å². The van der Waals surface area contributed by atoms with Gasteiger partial charge in [0.05, 0.1) is 18.8 Å². The lowest BCUT2D eigenvalue weighted by molar-refractivity contribution is -0.216. The SMILES string of the molecule is CC/C=C\CCCCCCCCCCCCCC(=O)O[C@H](COC(=O)CCC[C@H](O)\C=C/C=C/C=C/[C@H](O)C/C=C\CCCCC)COP(=O)(O)O[C@H]1C(O)C(O)C(O)[C@@H](OP(=O)(O)O)C1O. The summed E-state index contributed by atoms with van der Waals surface area (Å²) in [5.41, 5.74) is 0. The molecule has 0 heterocycles. The molecule has 0 spiro atoms. The molecule has 1 aliphatic carbocycles. The van der Waals surface area contributed by atoms with E-state index < -0.39 is 95.7 Å². The average molecular weight is 997 g/mol. The van der Waals surface area contributed by atoms with Crippen LogP contribution in [0.1, 0.15) is 155 Å². The Morgan fingerprint density at radius 3 is 1.67 bits per heavy atom. The van der Waals surface area contributed by atoms with E-state index in [-0.39, 0.29) is 25.7 Å². The molecule has 0 aromatic rings. The predicted octanol–water partition coefficient (Wildman–Crippen LogP) is 7.00. The first-order valence-electron chi connectivity index (χ1n) is 24.1. The lowest BCUT2D eigenvalue weighted by Gasteiger charge is -2.43. The lowest BCUT2D eigenvalue weighted by atomic mass is 9.85. The molecule has 67 heavy (non-hydrogen) atoms. The Labute approximate surface area is 397 Å². The van der Waals surface area contributed by atoms with Crippen LogP contribution >= 0.6 is 15.6 Å². The van der Waals surface area contributed by atoms with Gasteiger partial charge in [-0.3, -0.25) is 23.2 Å². The van der Waals surface area contributed by atoms with Crippen molar-refractivity contribution in [1.82, 2.24) is 0 Å². The Kier molecular flexibility index (Phi) is 35.0. The molecule has 20 heteroatoms. The molecule has 10 atom stereocenters. The van der Waals surface area contributed by atoms with E-state index >= 15 is 0 Å². The smallest absolute Gasteiger partial charge is 0.462 e. The molecule has 0 amide bonds. The van der Waals surface area contributed by atoms with Crippen LogP contribution in [0.25, 0.3) is 0 Å². The Hall–Kier alpha value is -2.38. The number of ether oxygens (including phenoxy) is 2. The average Bonchev–Trinajstić information content (AvgIpc) is 3.27. The Morgan fingerprint density at radius 2 is 1.09 bits per heavy atom. The van der Waals surface area contributed by atoms with Crippen LogP contribution in [0.5, 0.6) is 0 Å². The molecular weight excluding hydrogens is 914 g/mol. The van der Waals surface area contributed by atoms with Gasteiger partial charge in [0.25, 0.3) is 0 Å². The number of carbonyl (C=O) groups excluding carboxylic acids is 2. The second-order valence-corrected chi connectivity index (χ2v) is 19.4. The number of phosphoric ester groups is 2. The lowest BCUT2D eigenvalue weighted by Crippen LogP contribution is -2.64. The van der Waals surface area contributed by atoms with E-state index in [2.05, 4.69) is 36.6 Å². The summed E-state index contributed by atoms with van der Waals surface area (Å²) in [5.74, 6) is -1.45. The Morgan fingerprint density at radius 1 is 0.567 bits per heavy atom. The molecule has 0 radical (unpaired) electrons. The summed E-state index contributed by atoms with van der Waals surface area (Å²) in [4.78, 5) is 54.3. The number of phosphoric acid groups is 2. The predicted molar refractivity (Wildman–Crippen MR) is 253 cm³/mol. The summed E-state index contributed by atoms with van der Waals surface area (Å²) >= 11 is 0. The summed E-state index contributed by atoms with van der Waals surface area (Å²) in [5, 5.41) is 61.6. The summed E-state index contributed by atoms with van der Waals surface area (Å²) < 4.78 is 49.2. The van der Waals surface area contributed by atoms with Crippen molar-refractivity contribution in [3.63, 3.8) is 0 Å². The monoisotopic (exact) mass is 996 g/mol. The minimum Gasteiger partial charge on any atom is -0.462 e. The van der Waals surface area contributed by atoms with Crippen molar-refractivity contribution >= 4 is 27.6 Å². The van der Waals surface area contributed by atoms with E-state index in [1.54, 1.807) is 30.4 Å². The van der Waals surface area contributed by atoms with Crippen LogP contribution in [0, 0.1) is 0 Å². The summed E-state index contributed by atoms with van der Waals surface area (Å²) in [6, 6.07) is 0. The fourth-order valence-corrected chi connectivity index (χ4v) is 8.53. The normalized spacial score (nSPS) is 22.9. The molecule has 0 saturated heterocycles. The van der Waals surface area contributed by atoms with Crippen LogP contribution in [0.15, 0.2) is 60.8 Å². The highest BCUT2D eigenvalue weighted by atomic mass is 31.2. The zero-order chi connectivity index (χ0) is 49.9. The molecule has 18 nitrogen and oxygen atoms in total. The molecule has 0 aromatic carbocycles. The molecule has 388 valence electrons. The van der Waals surface area contributed by atoms with Gasteiger partial charge in [-0.25, -0.2) is 9.13 Å². The Balaban J connectivity index is 2.69. The maximum atomic E-state index is 13.0. The van der Waals surface area contributed by atoms with Crippen molar-refractivity contribution in [1.29, 1.82) is 0 Å². The number of hydrogen-bond donors (Lipinski definition) is 9.